The van der Waals surface area contributed by atoms with E-state index < -0.39 is 6.04 Å². The molecule has 0 fully saturated rings. The number of nitrogens with one attached hydrogen (secondary N) is 1. The van der Waals surface area contributed by atoms with E-state index in [1.165, 1.54) is 0 Å². The van der Waals surface area contributed by atoms with E-state index in [0.29, 0.717) is 24.8 Å². The highest BCUT2D eigenvalue weighted by Gasteiger charge is 2.26. The quantitative estimate of drug-likeness (QED) is 0.543. The molecule has 0 unspecified atom stereocenters. The summed E-state index contributed by atoms with van der Waals surface area (Å²) in [7, 11) is 0. The van der Waals surface area contributed by atoms with Crippen LogP contribution in [-0.2, 0) is 16.1 Å². The molecular formula is C25H33BrN2O3. The third-order valence-electron chi connectivity index (χ3n) is 5.21. The van der Waals surface area contributed by atoms with E-state index in [4.69, 9.17) is 4.74 Å². The molecule has 0 aliphatic heterocycles. The van der Waals surface area contributed by atoms with E-state index >= 15 is 0 Å². The standard InChI is InChI=1S/C25H33BrN2O3/c1-16(2)13-27-25(30)20(6)28(14-21-8-7-9-22(26)12-21)24(29)15-31-23-11-17(3)10-18(4)19(23)5/h7-12,16,20H,13-15H2,1-6H3,(H,27,30)/t20-/m1/s1. The van der Waals surface area contributed by atoms with Crippen LogP contribution in [0.1, 0.15) is 43.0 Å². The molecule has 2 amide bonds. The van der Waals surface area contributed by atoms with Gasteiger partial charge in [-0.25, -0.2) is 0 Å². The van der Waals surface area contributed by atoms with Crippen molar-refractivity contribution in [3.05, 3.63) is 63.1 Å². The van der Waals surface area contributed by atoms with Crippen molar-refractivity contribution in [2.24, 2.45) is 5.92 Å². The Labute approximate surface area is 194 Å². The molecule has 1 atom stereocenters. The Balaban J connectivity index is 2.20. The summed E-state index contributed by atoms with van der Waals surface area (Å²) in [6.07, 6.45) is 0. The minimum Gasteiger partial charge on any atom is -0.483 e. The topological polar surface area (TPSA) is 58.6 Å². The van der Waals surface area contributed by atoms with Crippen LogP contribution in [0, 0.1) is 26.7 Å². The zero-order valence-corrected chi connectivity index (χ0v) is 20.9. The summed E-state index contributed by atoms with van der Waals surface area (Å²) in [5.41, 5.74) is 4.15. The number of nitrogens with zero attached hydrogens (tertiary/aromatic N) is 1. The van der Waals surface area contributed by atoms with Crippen LogP contribution in [0.2, 0.25) is 0 Å². The van der Waals surface area contributed by atoms with Crippen molar-refractivity contribution in [2.75, 3.05) is 13.2 Å². The summed E-state index contributed by atoms with van der Waals surface area (Å²) >= 11 is 3.47. The Morgan fingerprint density at radius 3 is 2.45 bits per heavy atom. The van der Waals surface area contributed by atoms with Crippen molar-refractivity contribution < 1.29 is 14.3 Å². The van der Waals surface area contributed by atoms with Crippen molar-refractivity contribution in [2.45, 2.75) is 54.1 Å². The van der Waals surface area contributed by atoms with Crippen molar-refractivity contribution in [1.29, 1.82) is 0 Å². The highest BCUT2D eigenvalue weighted by atomic mass is 79.9. The van der Waals surface area contributed by atoms with E-state index in [1.807, 2.05) is 65.0 Å². The van der Waals surface area contributed by atoms with Gasteiger partial charge < -0.3 is 15.0 Å². The van der Waals surface area contributed by atoms with Crippen LogP contribution in [-0.4, -0.2) is 35.9 Å². The lowest BCUT2D eigenvalue weighted by Gasteiger charge is -2.29. The second kappa shape index (κ2) is 11.3. The first-order valence-corrected chi connectivity index (χ1v) is 11.4. The number of rotatable bonds is 9. The van der Waals surface area contributed by atoms with E-state index in [1.54, 1.807) is 11.8 Å². The molecule has 0 heterocycles. The molecular weight excluding hydrogens is 456 g/mol. The lowest BCUT2D eigenvalue weighted by Crippen LogP contribution is -2.49. The number of halogens is 1. The SMILES string of the molecule is Cc1cc(C)c(C)c(OCC(=O)N(Cc2cccc(Br)c2)[C@H](C)C(=O)NCC(C)C)c1. The average Bonchev–Trinajstić information content (AvgIpc) is 2.71. The molecule has 31 heavy (non-hydrogen) atoms. The molecule has 2 rings (SSSR count). The summed E-state index contributed by atoms with van der Waals surface area (Å²) in [6, 6.07) is 11.2. The zero-order valence-electron chi connectivity index (χ0n) is 19.3. The Morgan fingerprint density at radius 1 is 1.10 bits per heavy atom. The predicted molar refractivity (Wildman–Crippen MR) is 128 cm³/mol. The largest absolute Gasteiger partial charge is 0.483 e. The molecule has 0 radical (unpaired) electrons. The summed E-state index contributed by atoms with van der Waals surface area (Å²) < 4.78 is 6.83. The number of ether oxygens (including phenoxy) is 1. The van der Waals surface area contributed by atoms with E-state index in [9.17, 15) is 9.59 Å². The Morgan fingerprint density at radius 2 is 1.81 bits per heavy atom. The fourth-order valence-electron chi connectivity index (χ4n) is 3.24. The number of hydrogen-bond acceptors (Lipinski definition) is 3. The van der Waals surface area contributed by atoms with Gasteiger partial charge in [-0.1, -0.05) is 48.0 Å². The third kappa shape index (κ3) is 7.39. The Hall–Kier alpha value is -2.34. The predicted octanol–water partition coefficient (Wildman–Crippen LogP) is 4.94. The van der Waals surface area contributed by atoms with Gasteiger partial charge in [-0.05, 0) is 74.1 Å². The average molecular weight is 489 g/mol. The molecule has 168 valence electrons. The van der Waals surface area contributed by atoms with Gasteiger partial charge in [0.15, 0.2) is 6.61 Å². The highest BCUT2D eigenvalue weighted by molar-refractivity contribution is 9.10. The first kappa shape index (κ1) is 24.9. The molecule has 0 saturated carbocycles. The van der Waals surface area contributed by atoms with Gasteiger partial charge in [-0.3, -0.25) is 9.59 Å². The third-order valence-corrected chi connectivity index (χ3v) is 5.70. The lowest BCUT2D eigenvalue weighted by atomic mass is 10.1. The molecule has 0 bridgehead atoms. The fourth-order valence-corrected chi connectivity index (χ4v) is 3.69. The molecule has 2 aromatic rings. The van der Waals surface area contributed by atoms with E-state index in [2.05, 4.69) is 27.3 Å². The van der Waals surface area contributed by atoms with Gasteiger partial charge in [0.1, 0.15) is 11.8 Å². The lowest BCUT2D eigenvalue weighted by molar-refractivity contribution is -0.142. The minimum atomic E-state index is -0.617. The van der Waals surface area contributed by atoms with Crippen molar-refractivity contribution in [3.63, 3.8) is 0 Å². The van der Waals surface area contributed by atoms with Crippen LogP contribution in [0.4, 0.5) is 0 Å². The van der Waals surface area contributed by atoms with Gasteiger partial charge in [-0.15, -0.1) is 0 Å². The van der Waals surface area contributed by atoms with Gasteiger partial charge in [0.05, 0.1) is 0 Å². The van der Waals surface area contributed by atoms with Gasteiger partial charge in [0.2, 0.25) is 5.91 Å². The highest BCUT2D eigenvalue weighted by Crippen LogP contribution is 2.23. The van der Waals surface area contributed by atoms with Crippen LogP contribution >= 0.6 is 15.9 Å². The number of amides is 2. The van der Waals surface area contributed by atoms with E-state index in [0.717, 1.165) is 26.7 Å². The summed E-state index contributed by atoms with van der Waals surface area (Å²) in [5, 5.41) is 2.93. The Bertz CT molecular complexity index is 927. The summed E-state index contributed by atoms with van der Waals surface area (Å²) in [6.45, 7) is 12.6. The van der Waals surface area contributed by atoms with Crippen LogP contribution < -0.4 is 10.1 Å². The fraction of sp³-hybridized carbons (Fsp3) is 0.440. The second-order valence-corrected chi connectivity index (χ2v) is 9.38. The molecule has 0 spiro atoms. The summed E-state index contributed by atoms with van der Waals surface area (Å²) in [5.74, 6) is 0.636. The smallest absolute Gasteiger partial charge is 0.261 e. The zero-order chi connectivity index (χ0) is 23.1. The molecule has 1 N–H and O–H groups in total. The summed E-state index contributed by atoms with van der Waals surface area (Å²) in [4.78, 5) is 27.5. The number of benzene rings is 2. The van der Waals surface area contributed by atoms with Crippen LogP contribution in [0.15, 0.2) is 40.9 Å². The molecule has 0 aliphatic carbocycles. The molecule has 0 saturated heterocycles. The second-order valence-electron chi connectivity index (χ2n) is 8.46. The van der Waals surface area contributed by atoms with E-state index in [-0.39, 0.29) is 18.4 Å². The monoisotopic (exact) mass is 488 g/mol. The van der Waals surface area contributed by atoms with Crippen molar-refractivity contribution >= 4 is 27.7 Å². The molecule has 0 aliphatic rings. The van der Waals surface area contributed by atoms with Crippen LogP contribution in [0.5, 0.6) is 5.75 Å². The number of aryl methyl sites for hydroxylation is 2. The van der Waals surface area contributed by atoms with Crippen LogP contribution in [0.25, 0.3) is 0 Å². The number of carbonyl (C=O) groups is 2. The maximum atomic E-state index is 13.2. The number of hydrogen-bond donors (Lipinski definition) is 1. The first-order chi connectivity index (χ1) is 14.6. The maximum absolute atomic E-state index is 13.2. The van der Waals surface area contributed by atoms with Gasteiger partial charge in [0.25, 0.3) is 5.91 Å². The minimum absolute atomic E-state index is 0.125. The molecule has 5 nitrogen and oxygen atoms in total. The molecule has 2 aromatic carbocycles. The molecule has 6 heteroatoms. The number of carbonyl (C=O) groups excluding carboxylic acids is 2. The van der Waals surface area contributed by atoms with Crippen molar-refractivity contribution in [1.82, 2.24) is 10.2 Å². The van der Waals surface area contributed by atoms with Gasteiger partial charge in [-0.2, -0.15) is 0 Å². The maximum Gasteiger partial charge on any atom is 0.261 e. The van der Waals surface area contributed by atoms with Crippen LogP contribution in [0.3, 0.4) is 0 Å². The van der Waals surface area contributed by atoms with Gasteiger partial charge >= 0.3 is 0 Å². The Kier molecular flexibility index (Phi) is 9.11. The first-order valence-electron chi connectivity index (χ1n) is 10.6. The van der Waals surface area contributed by atoms with Crippen molar-refractivity contribution in [3.8, 4) is 5.75 Å². The normalized spacial score (nSPS) is 11.9. The van der Waals surface area contributed by atoms with Gasteiger partial charge in [0, 0.05) is 17.6 Å². The molecule has 0 aromatic heterocycles.